The summed E-state index contributed by atoms with van der Waals surface area (Å²) in [6, 6.07) is 13.7. The van der Waals surface area contributed by atoms with Gasteiger partial charge in [-0.25, -0.2) is 0 Å². The van der Waals surface area contributed by atoms with Crippen molar-refractivity contribution in [3.8, 4) is 16.9 Å². The molecule has 0 saturated heterocycles. The highest BCUT2D eigenvalue weighted by atomic mass is 19.4. The number of ether oxygens (including phenoxy) is 1. The molecular formula is C15H14F3NO. The molecule has 0 unspecified atom stereocenters. The van der Waals surface area contributed by atoms with Crippen molar-refractivity contribution in [2.45, 2.75) is 12.9 Å². The number of halogens is 3. The average molecular weight is 281 g/mol. The maximum absolute atomic E-state index is 12.1. The molecule has 0 aliphatic carbocycles. The van der Waals surface area contributed by atoms with Gasteiger partial charge >= 0.3 is 6.36 Å². The van der Waals surface area contributed by atoms with Crippen LogP contribution in [0.5, 0.6) is 5.75 Å². The van der Waals surface area contributed by atoms with E-state index in [9.17, 15) is 13.2 Å². The molecule has 20 heavy (non-hydrogen) atoms. The molecule has 0 radical (unpaired) electrons. The van der Waals surface area contributed by atoms with Crippen LogP contribution >= 0.6 is 0 Å². The van der Waals surface area contributed by atoms with Gasteiger partial charge in [0.2, 0.25) is 0 Å². The molecule has 2 rings (SSSR count). The Hall–Kier alpha value is -2.01. The lowest BCUT2D eigenvalue weighted by atomic mass is 10.0. The topological polar surface area (TPSA) is 21.3 Å². The van der Waals surface area contributed by atoms with Gasteiger partial charge < -0.3 is 10.1 Å². The third-order valence-corrected chi connectivity index (χ3v) is 2.76. The van der Waals surface area contributed by atoms with Gasteiger partial charge in [0.05, 0.1) is 0 Å². The van der Waals surface area contributed by atoms with Gasteiger partial charge in [0.25, 0.3) is 0 Å². The van der Waals surface area contributed by atoms with Crippen molar-refractivity contribution >= 4 is 0 Å². The molecular weight excluding hydrogens is 267 g/mol. The van der Waals surface area contributed by atoms with Crippen LogP contribution in [0, 0.1) is 0 Å². The molecule has 0 bridgehead atoms. The summed E-state index contributed by atoms with van der Waals surface area (Å²) in [5.41, 5.74) is 2.94. The van der Waals surface area contributed by atoms with E-state index in [1.807, 2.05) is 31.3 Å². The molecule has 0 aliphatic heterocycles. The molecule has 2 nitrogen and oxygen atoms in total. The lowest BCUT2D eigenvalue weighted by molar-refractivity contribution is -0.274. The van der Waals surface area contributed by atoms with Crippen molar-refractivity contribution in [3.05, 3.63) is 54.1 Å². The molecule has 5 heteroatoms. The van der Waals surface area contributed by atoms with E-state index in [1.54, 1.807) is 12.1 Å². The summed E-state index contributed by atoms with van der Waals surface area (Å²) in [6.07, 6.45) is -4.66. The standard InChI is InChI=1S/C15H14F3NO/c1-19-10-11-2-4-12(5-3-11)13-6-8-14(9-7-13)20-15(16,17)18/h2-9,19H,10H2,1H3. The molecule has 106 valence electrons. The third-order valence-electron chi connectivity index (χ3n) is 2.76. The minimum atomic E-state index is -4.66. The summed E-state index contributed by atoms with van der Waals surface area (Å²) in [4.78, 5) is 0. The molecule has 0 spiro atoms. The Kier molecular flexibility index (Phi) is 4.29. The van der Waals surface area contributed by atoms with E-state index in [0.29, 0.717) is 0 Å². The number of rotatable bonds is 4. The lowest BCUT2D eigenvalue weighted by Crippen LogP contribution is -2.16. The van der Waals surface area contributed by atoms with E-state index in [2.05, 4.69) is 10.1 Å². The predicted molar refractivity (Wildman–Crippen MR) is 71.3 cm³/mol. The fourth-order valence-corrected chi connectivity index (χ4v) is 1.87. The molecule has 0 aromatic heterocycles. The zero-order valence-electron chi connectivity index (χ0n) is 10.9. The number of hydrogen-bond acceptors (Lipinski definition) is 2. The molecule has 0 saturated carbocycles. The highest BCUT2D eigenvalue weighted by molar-refractivity contribution is 5.64. The minimum absolute atomic E-state index is 0.215. The second-order valence-electron chi connectivity index (χ2n) is 4.30. The van der Waals surface area contributed by atoms with Crippen LogP contribution < -0.4 is 10.1 Å². The summed E-state index contributed by atoms with van der Waals surface area (Å²) < 4.78 is 40.0. The highest BCUT2D eigenvalue weighted by Crippen LogP contribution is 2.26. The normalized spacial score (nSPS) is 11.4. The molecule has 0 atom stereocenters. The summed E-state index contributed by atoms with van der Waals surface area (Å²) >= 11 is 0. The molecule has 0 amide bonds. The van der Waals surface area contributed by atoms with Gasteiger partial charge in [-0.3, -0.25) is 0 Å². The maximum Gasteiger partial charge on any atom is 0.573 e. The van der Waals surface area contributed by atoms with E-state index < -0.39 is 6.36 Å². The van der Waals surface area contributed by atoms with Gasteiger partial charge in [-0.15, -0.1) is 13.2 Å². The van der Waals surface area contributed by atoms with Gasteiger partial charge in [-0.2, -0.15) is 0 Å². The largest absolute Gasteiger partial charge is 0.573 e. The highest BCUT2D eigenvalue weighted by Gasteiger charge is 2.30. The van der Waals surface area contributed by atoms with E-state index >= 15 is 0 Å². The number of alkyl halides is 3. The smallest absolute Gasteiger partial charge is 0.406 e. The Morgan fingerprint density at radius 1 is 0.900 bits per heavy atom. The molecule has 0 fully saturated rings. The fourth-order valence-electron chi connectivity index (χ4n) is 1.87. The Bertz CT molecular complexity index is 547. The van der Waals surface area contributed by atoms with Crippen LogP contribution in [0.3, 0.4) is 0 Å². The molecule has 1 N–H and O–H groups in total. The average Bonchev–Trinajstić information content (AvgIpc) is 2.39. The summed E-state index contributed by atoms with van der Waals surface area (Å²) in [5.74, 6) is -0.215. The quantitative estimate of drug-likeness (QED) is 0.915. The van der Waals surface area contributed by atoms with Gasteiger partial charge in [0.15, 0.2) is 0 Å². The monoisotopic (exact) mass is 281 g/mol. The van der Waals surface area contributed by atoms with Crippen LogP contribution in [-0.2, 0) is 6.54 Å². The number of hydrogen-bond donors (Lipinski definition) is 1. The van der Waals surface area contributed by atoms with Crippen molar-refractivity contribution in [1.29, 1.82) is 0 Å². The second-order valence-corrected chi connectivity index (χ2v) is 4.30. The Balaban J connectivity index is 2.13. The van der Waals surface area contributed by atoms with Gasteiger partial charge in [-0.05, 0) is 35.9 Å². The van der Waals surface area contributed by atoms with Crippen molar-refractivity contribution in [2.75, 3.05) is 7.05 Å². The summed E-state index contributed by atoms with van der Waals surface area (Å²) in [7, 11) is 1.87. The van der Waals surface area contributed by atoms with Gasteiger partial charge in [-0.1, -0.05) is 36.4 Å². The van der Waals surface area contributed by atoms with E-state index in [4.69, 9.17) is 0 Å². The Morgan fingerprint density at radius 3 is 1.85 bits per heavy atom. The minimum Gasteiger partial charge on any atom is -0.406 e. The van der Waals surface area contributed by atoms with E-state index in [-0.39, 0.29) is 5.75 Å². The first-order chi connectivity index (χ1) is 9.48. The fraction of sp³-hybridized carbons (Fsp3) is 0.200. The third kappa shape index (κ3) is 3.99. The van der Waals surface area contributed by atoms with Crippen LogP contribution in [0.2, 0.25) is 0 Å². The predicted octanol–water partition coefficient (Wildman–Crippen LogP) is 3.97. The van der Waals surface area contributed by atoms with Gasteiger partial charge in [0, 0.05) is 6.54 Å². The maximum atomic E-state index is 12.1. The van der Waals surface area contributed by atoms with Crippen LogP contribution in [0.4, 0.5) is 13.2 Å². The van der Waals surface area contributed by atoms with Crippen LogP contribution in [0.25, 0.3) is 11.1 Å². The van der Waals surface area contributed by atoms with Crippen molar-refractivity contribution in [1.82, 2.24) is 5.32 Å². The van der Waals surface area contributed by atoms with E-state index in [0.717, 1.165) is 23.2 Å². The number of nitrogens with one attached hydrogen (secondary N) is 1. The second kappa shape index (κ2) is 5.96. The first-order valence-electron chi connectivity index (χ1n) is 6.08. The SMILES string of the molecule is CNCc1ccc(-c2ccc(OC(F)(F)F)cc2)cc1. The number of benzene rings is 2. The van der Waals surface area contributed by atoms with Crippen LogP contribution in [-0.4, -0.2) is 13.4 Å². The molecule has 2 aromatic carbocycles. The first-order valence-corrected chi connectivity index (χ1v) is 6.08. The van der Waals surface area contributed by atoms with E-state index in [1.165, 1.54) is 12.1 Å². The zero-order valence-corrected chi connectivity index (χ0v) is 10.9. The van der Waals surface area contributed by atoms with Crippen LogP contribution in [0.1, 0.15) is 5.56 Å². The lowest BCUT2D eigenvalue weighted by Gasteiger charge is -2.09. The van der Waals surface area contributed by atoms with Crippen molar-refractivity contribution in [2.24, 2.45) is 0 Å². The van der Waals surface area contributed by atoms with Crippen LogP contribution in [0.15, 0.2) is 48.5 Å². The zero-order chi connectivity index (χ0) is 14.6. The molecule has 2 aromatic rings. The summed E-state index contributed by atoms with van der Waals surface area (Å²) in [6.45, 7) is 0.776. The summed E-state index contributed by atoms with van der Waals surface area (Å²) in [5, 5.41) is 3.05. The molecule has 0 heterocycles. The van der Waals surface area contributed by atoms with Crippen molar-refractivity contribution < 1.29 is 17.9 Å². The van der Waals surface area contributed by atoms with Crippen molar-refractivity contribution in [3.63, 3.8) is 0 Å². The Morgan fingerprint density at radius 2 is 1.40 bits per heavy atom. The van der Waals surface area contributed by atoms with Gasteiger partial charge in [0.1, 0.15) is 5.75 Å². The Labute approximate surface area is 115 Å². The first kappa shape index (κ1) is 14.4. The molecule has 0 aliphatic rings.